The highest BCUT2D eigenvalue weighted by atomic mass is 32.1. The Morgan fingerprint density at radius 1 is 1.38 bits per heavy atom. The number of nitrogens with zero attached hydrogens (tertiary/aromatic N) is 4. The zero-order valence-corrected chi connectivity index (χ0v) is 22.0. The molecule has 1 aliphatic carbocycles. The average Bonchev–Trinajstić information content (AvgIpc) is 3.41. The fraction of sp³-hybridized carbons (Fsp3) is 0.520. The Hall–Kier alpha value is -2.93. The van der Waals surface area contributed by atoms with E-state index in [-0.39, 0.29) is 36.0 Å². The number of thiophene rings is 1. The van der Waals surface area contributed by atoms with E-state index in [1.54, 1.807) is 13.3 Å². The maximum absolute atomic E-state index is 15.3. The van der Waals surface area contributed by atoms with Crippen molar-refractivity contribution in [3.8, 4) is 0 Å². The van der Waals surface area contributed by atoms with E-state index in [4.69, 9.17) is 25.9 Å². The van der Waals surface area contributed by atoms with Crippen molar-refractivity contribution in [2.24, 2.45) is 5.73 Å². The molecule has 0 aromatic carbocycles. The summed E-state index contributed by atoms with van der Waals surface area (Å²) >= 11 is 1.22. The summed E-state index contributed by atoms with van der Waals surface area (Å²) in [5.41, 5.74) is 15.3. The van der Waals surface area contributed by atoms with E-state index >= 15 is 4.39 Å². The van der Waals surface area contributed by atoms with Gasteiger partial charge in [-0.2, -0.15) is 0 Å². The second-order valence-corrected chi connectivity index (χ2v) is 10.8. The van der Waals surface area contributed by atoms with Gasteiger partial charge in [-0.25, -0.2) is 19.3 Å². The first-order valence-electron chi connectivity index (χ1n) is 12.4. The van der Waals surface area contributed by atoms with Gasteiger partial charge in [-0.05, 0) is 33.1 Å². The van der Waals surface area contributed by atoms with Crippen LogP contribution in [-0.4, -0.2) is 72.0 Å². The Bertz CT molecular complexity index is 1320. The average molecular weight is 530 g/mol. The molecule has 1 saturated heterocycles. The molecule has 0 saturated carbocycles. The van der Waals surface area contributed by atoms with E-state index in [1.807, 2.05) is 18.7 Å². The number of pyridine rings is 1. The minimum atomic E-state index is -0.324. The number of halogens is 1. The van der Waals surface area contributed by atoms with E-state index in [1.165, 1.54) is 17.4 Å². The van der Waals surface area contributed by atoms with Gasteiger partial charge in [0, 0.05) is 49.8 Å². The zero-order valence-electron chi connectivity index (χ0n) is 21.2. The number of hydrogen-bond acceptors (Lipinski definition) is 10. The zero-order chi connectivity index (χ0) is 26.3. The number of amides is 1. The third kappa shape index (κ3) is 5.24. The number of hydrogen-bond donors (Lipinski definition) is 3. The van der Waals surface area contributed by atoms with Crippen LogP contribution in [0.15, 0.2) is 12.3 Å². The molecule has 1 amide bonds. The van der Waals surface area contributed by atoms with Crippen molar-refractivity contribution >= 4 is 39.1 Å². The van der Waals surface area contributed by atoms with Crippen molar-refractivity contribution in [1.29, 1.82) is 0 Å². The van der Waals surface area contributed by atoms with Crippen LogP contribution in [0.1, 0.15) is 40.0 Å². The van der Waals surface area contributed by atoms with Crippen molar-refractivity contribution in [1.82, 2.24) is 20.3 Å². The van der Waals surface area contributed by atoms with Crippen LogP contribution in [0.3, 0.4) is 0 Å². The SMILES string of the molecule is COC(C)COC1CN(c2cc(F)c3c(n2)CCC(NC(=O)c2sc4nc(C)cnc4c2N)C3)CC1N. The van der Waals surface area contributed by atoms with Gasteiger partial charge in [-0.3, -0.25) is 4.79 Å². The molecule has 10 nitrogen and oxygen atoms in total. The number of nitrogens with one attached hydrogen (secondary N) is 1. The Labute approximate surface area is 218 Å². The molecule has 4 unspecified atom stereocenters. The smallest absolute Gasteiger partial charge is 0.263 e. The van der Waals surface area contributed by atoms with Crippen molar-refractivity contribution in [3.05, 3.63) is 39.9 Å². The lowest BCUT2D eigenvalue weighted by atomic mass is 9.91. The molecule has 37 heavy (non-hydrogen) atoms. The number of nitrogen functional groups attached to an aromatic ring is 1. The molecule has 3 aromatic heterocycles. The number of fused-ring (bicyclic) bond motifs is 2. The quantitative estimate of drug-likeness (QED) is 0.419. The molecule has 198 valence electrons. The molecule has 0 radical (unpaired) electrons. The lowest BCUT2D eigenvalue weighted by molar-refractivity contribution is -0.0166. The molecule has 5 rings (SSSR count). The number of aromatic nitrogens is 3. The number of aryl methyl sites for hydroxylation is 2. The fourth-order valence-electron chi connectivity index (χ4n) is 4.82. The van der Waals surface area contributed by atoms with Gasteiger partial charge >= 0.3 is 0 Å². The van der Waals surface area contributed by atoms with E-state index in [0.717, 1.165) is 11.4 Å². The maximum atomic E-state index is 15.3. The largest absolute Gasteiger partial charge is 0.396 e. The molecule has 5 N–H and O–H groups in total. The fourth-order valence-corrected chi connectivity index (χ4v) is 5.82. The van der Waals surface area contributed by atoms with Gasteiger partial charge < -0.3 is 31.2 Å². The molecule has 4 heterocycles. The van der Waals surface area contributed by atoms with E-state index in [9.17, 15) is 4.79 Å². The summed E-state index contributed by atoms with van der Waals surface area (Å²) in [6.45, 7) is 5.29. The van der Waals surface area contributed by atoms with E-state index < -0.39 is 0 Å². The summed E-state index contributed by atoms with van der Waals surface area (Å²) in [4.78, 5) is 29.5. The third-order valence-electron chi connectivity index (χ3n) is 7.00. The van der Waals surface area contributed by atoms with Crippen molar-refractivity contribution in [2.45, 2.75) is 57.4 Å². The lowest BCUT2D eigenvalue weighted by Crippen LogP contribution is -2.39. The minimum absolute atomic E-state index is 0.0261. The molecule has 0 spiro atoms. The monoisotopic (exact) mass is 529 g/mol. The van der Waals surface area contributed by atoms with Gasteiger partial charge in [0.2, 0.25) is 0 Å². The summed E-state index contributed by atoms with van der Waals surface area (Å²) in [6, 6.07) is 1.04. The van der Waals surface area contributed by atoms with Crippen LogP contribution < -0.4 is 21.7 Å². The highest BCUT2D eigenvalue weighted by Gasteiger charge is 2.34. The summed E-state index contributed by atoms with van der Waals surface area (Å²) in [5, 5.41) is 3.02. The van der Waals surface area contributed by atoms with Gasteiger partial charge in [-0.15, -0.1) is 11.3 Å². The Morgan fingerprint density at radius 2 is 2.19 bits per heavy atom. The maximum Gasteiger partial charge on any atom is 0.263 e. The molecular weight excluding hydrogens is 497 g/mol. The van der Waals surface area contributed by atoms with Crippen molar-refractivity contribution in [3.63, 3.8) is 0 Å². The van der Waals surface area contributed by atoms with Crippen LogP contribution >= 0.6 is 11.3 Å². The highest BCUT2D eigenvalue weighted by Crippen LogP contribution is 2.32. The topological polar surface area (TPSA) is 142 Å². The van der Waals surface area contributed by atoms with Crippen LogP contribution in [-0.2, 0) is 22.3 Å². The Balaban J connectivity index is 1.26. The van der Waals surface area contributed by atoms with E-state index in [0.29, 0.717) is 71.3 Å². The van der Waals surface area contributed by atoms with Gasteiger partial charge in [-0.1, -0.05) is 0 Å². The van der Waals surface area contributed by atoms with Crippen LogP contribution in [0.2, 0.25) is 0 Å². The van der Waals surface area contributed by atoms with Gasteiger partial charge in [0.1, 0.15) is 26.9 Å². The summed E-state index contributed by atoms with van der Waals surface area (Å²) in [7, 11) is 1.64. The van der Waals surface area contributed by atoms with Crippen LogP contribution in [0.5, 0.6) is 0 Å². The predicted molar refractivity (Wildman–Crippen MR) is 140 cm³/mol. The highest BCUT2D eigenvalue weighted by molar-refractivity contribution is 7.21. The van der Waals surface area contributed by atoms with Gasteiger partial charge in [0.05, 0.1) is 36.2 Å². The third-order valence-corrected chi connectivity index (χ3v) is 8.09. The number of nitrogens with two attached hydrogens (primary N) is 2. The number of ether oxygens (including phenoxy) is 2. The number of carbonyl (C=O) groups is 1. The normalized spacial score (nSPS) is 22.3. The van der Waals surface area contributed by atoms with Crippen molar-refractivity contribution < 1.29 is 18.7 Å². The lowest BCUT2D eigenvalue weighted by Gasteiger charge is -2.27. The van der Waals surface area contributed by atoms with Crippen LogP contribution in [0.4, 0.5) is 15.9 Å². The van der Waals surface area contributed by atoms with Crippen LogP contribution in [0.25, 0.3) is 10.3 Å². The molecular formula is C25H32FN7O3S. The van der Waals surface area contributed by atoms with Gasteiger partial charge in [0.25, 0.3) is 5.91 Å². The van der Waals surface area contributed by atoms with Gasteiger partial charge in [0.15, 0.2) is 0 Å². The number of methoxy groups -OCH3 is 1. The summed E-state index contributed by atoms with van der Waals surface area (Å²) in [6.07, 6.45) is 2.99. The number of anilines is 2. The molecule has 4 atom stereocenters. The Morgan fingerprint density at radius 3 is 2.97 bits per heavy atom. The Kier molecular flexibility index (Phi) is 7.26. The summed E-state index contributed by atoms with van der Waals surface area (Å²) < 4.78 is 26.4. The first kappa shape index (κ1) is 25.7. The molecule has 1 fully saturated rings. The molecule has 1 aliphatic heterocycles. The first-order valence-corrected chi connectivity index (χ1v) is 13.2. The summed E-state index contributed by atoms with van der Waals surface area (Å²) in [5.74, 6) is -0.0539. The standard InChI is InChI=1S/C25H32FN7O3S/c1-12-8-29-22-21(28)23(37-25(22)30-12)24(34)31-14-4-5-18-15(6-14)16(26)7-20(32-18)33-9-17(27)19(10-33)36-11-13(2)35-3/h7-8,13-14,17,19H,4-6,9-11,27-28H2,1-3H3,(H,31,34). The predicted octanol–water partition coefficient (Wildman–Crippen LogP) is 1.97. The molecule has 3 aromatic rings. The van der Waals surface area contributed by atoms with E-state index in [2.05, 4.69) is 15.3 Å². The number of carbonyl (C=O) groups excluding carboxylic acids is 1. The molecule has 2 aliphatic rings. The minimum Gasteiger partial charge on any atom is -0.396 e. The first-order chi connectivity index (χ1) is 17.7. The number of rotatable bonds is 7. The van der Waals surface area contributed by atoms with Crippen molar-refractivity contribution in [2.75, 3.05) is 37.4 Å². The molecule has 12 heteroatoms. The second kappa shape index (κ2) is 10.4. The van der Waals surface area contributed by atoms with Crippen LogP contribution in [0, 0.1) is 12.7 Å². The molecule has 0 bridgehead atoms. The second-order valence-electron chi connectivity index (χ2n) is 9.80.